The highest BCUT2D eigenvalue weighted by molar-refractivity contribution is 6.06. The fourth-order valence-corrected chi connectivity index (χ4v) is 2.17. The number of carbonyl (C=O) groups excluding carboxylic acids is 1. The van der Waals surface area contributed by atoms with Crippen LogP contribution in [0, 0.1) is 5.41 Å². The van der Waals surface area contributed by atoms with Gasteiger partial charge in [-0.15, -0.1) is 0 Å². The molecule has 1 aromatic heterocycles. The Morgan fingerprint density at radius 1 is 1.35 bits per heavy atom. The molecule has 90 valence electrons. The highest BCUT2D eigenvalue weighted by Gasteiger charge is 2.35. The molecule has 0 fully saturated rings. The Kier molecular flexibility index (Phi) is 2.38. The molecule has 6 heteroatoms. The van der Waals surface area contributed by atoms with Crippen molar-refractivity contribution in [3.05, 3.63) is 27.4 Å². The van der Waals surface area contributed by atoms with Crippen LogP contribution in [0.4, 0.5) is 0 Å². The number of aromatic carboxylic acids is 1. The van der Waals surface area contributed by atoms with E-state index in [1.54, 1.807) is 0 Å². The first-order valence-corrected chi connectivity index (χ1v) is 5.20. The van der Waals surface area contributed by atoms with Crippen molar-refractivity contribution in [1.29, 1.82) is 0 Å². The van der Waals surface area contributed by atoms with Crippen LogP contribution >= 0.6 is 0 Å². The number of hydrogen-bond acceptors (Lipinski definition) is 4. The lowest BCUT2D eigenvalue weighted by molar-refractivity contribution is 0.0680. The van der Waals surface area contributed by atoms with Gasteiger partial charge >= 0.3 is 11.7 Å². The van der Waals surface area contributed by atoms with Gasteiger partial charge in [0, 0.05) is 12.1 Å². The van der Waals surface area contributed by atoms with Crippen LogP contribution in [0.5, 0.6) is 0 Å². The van der Waals surface area contributed by atoms with E-state index in [4.69, 9.17) is 5.11 Å². The van der Waals surface area contributed by atoms with Crippen molar-refractivity contribution in [2.24, 2.45) is 5.41 Å². The maximum Gasteiger partial charge on any atom is 0.355 e. The summed E-state index contributed by atoms with van der Waals surface area (Å²) in [6, 6.07) is 0. The standard InChI is InChI=1S/C11H12N2O4/c1-11(2)3-5-7(6(14)4-11)8(9(15)16)13-10(17)12-5/h3-4H2,1-2H3,(H,15,16)(H,12,13,17). The number of Topliss-reactive ketones (excluding diaryl/α,β-unsaturated/α-hetero) is 1. The normalized spacial score (nSPS) is 17.6. The molecule has 0 atom stereocenters. The number of carboxylic acids is 1. The van der Waals surface area contributed by atoms with Gasteiger partial charge in [-0.2, -0.15) is 4.98 Å². The van der Waals surface area contributed by atoms with Crippen molar-refractivity contribution in [1.82, 2.24) is 9.97 Å². The second-order valence-corrected chi connectivity index (χ2v) is 4.99. The summed E-state index contributed by atoms with van der Waals surface area (Å²) in [6.45, 7) is 3.79. The summed E-state index contributed by atoms with van der Waals surface area (Å²) < 4.78 is 0. The van der Waals surface area contributed by atoms with E-state index in [0.29, 0.717) is 12.1 Å². The summed E-state index contributed by atoms with van der Waals surface area (Å²) in [6.07, 6.45) is 0.722. The first-order chi connectivity index (χ1) is 7.80. The van der Waals surface area contributed by atoms with Gasteiger partial charge < -0.3 is 10.1 Å². The predicted molar refractivity (Wildman–Crippen MR) is 58.2 cm³/mol. The van der Waals surface area contributed by atoms with E-state index in [0.717, 1.165) is 0 Å². The first kappa shape index (κ1) is 11.5. The van der Waals surface area contributed by atoms with E-state index in [2.05, 4.69) is 9.97 Å². The highest BCUT2D eigenvalue weighted by atomic mass is 16.4. The largest absolute Gasteiger partial charge is 0.476 e. The highest BCUT2D eigenvalue weighted by Crippen LogP contribution is 2.33. The van der Waals surface area contributed by atoms with E-state index in [-0.39, 0.29) is 23.2 Å². The molecule has 0 aromatic carbocycles. The number of aromatic nitrogens is 2. The van der Waals surface area contributed by atoms with Gasteiger partial charge in [0.1, 0.15) is 0 Å². The van der Waals surface area contributed by atoms with E-state index in [9.17, 15) is 14.4 Å². The molecule has 1 aliphatic rings. The van der Waals surface area contributed by atoms with E-state index < -0.39 is 17.4 Å². The number of ketones is 1. The molecule has 0 amide bonds. The topological polar surface area (TPSA) is 100 Å². The van der Waals surface area contributed by atoms with E-state index in [1.165, 1.54) is 0 Å². The molecule has 17 heavy (non-hydrogen) atoms. The number of aromatic amines is 1. The van der Waals surface area contributed by atoms with Crippen molar-refractivity contribution >= 4 is 11.8 Å². The zero-order valence-electron chi connectivity index (χ0n) is 9.53. The second kappa shape index (κ2) is 3.51. The average molecular weight is 236 g/mol. The molecule has 0 bridgehead atoms. The van der Waals surface area contributed by atoms with Gasteiger partial charge in [-0.05, 0) is 11.8 Å². The molecule has 1 heterocycles. The molecule has 6 nitrogen and oxygen atoms in total. The van der Waals surface area contributed by atoms with Gasteiger partial charge in [0.25, 0.3) is 0 Å². The van der Waals surface area contributed by atoms with Crippen LogP contribution in [0.15, 0.2) is 4.79 Å². The monoisotopic (exact) mass is 236 g/mol. The lowest BCUT2D eigenvalue weighted by Gasteiger charge is -2.29. The number of nitrogens with one attached hydrogen (secondary N) is 1. The number of fused-ring (bicyclic) bond motifs is 1. The summed E-state index contributed by atoms with van der Waals surface area (Å²) in [7, 11) is 0. The summed E-state index contributed by atoms with van der Waals surface area (Å²) in [5, 5.41) is 8.95. The molecule has 0 saturated carbocycles. The zero-order chi connectivity index (χ0) is 12.8. The number of carbonyl (C=O) groups is 2. The Labute approximate surface area is 96.7 Å². The lowest BCUT2D eigenvalue weighted by Crippen LogP contribution is -2.33. The maximum atomic E-state index is 11.9. The van der Waals surface area contributed by atoms with Crippen molar-refractivity contribution < 1.29 is 14.7 Å². The van der Waals surface area contributed by atoms with Gasteiger partial charge in [0.15, 0.2) is 11.5 Å². The molecule has 0 saturated heterocycles. The molecular weight excluding hydrogens is 224 g/mol. The van der Waals surface area contributed by atoms with Crippen molar-refractivity contribution in [2.45, 2.75) is 26.7 Å². The fraction of sp³-hybridized carbons (Fsp3) is 0.455. The van der Waals surface area contributed by atoms with Crippen LogP contribution in [0.1, 0.15) is 46.8 Å². The number of hydrogen-bond donors (Lipinski definition) is 2. The number of rotatable bonds is 1. The van der Waals surface area contributed by atoms with Crippen molar-refractivity contribution in [2.75, 3.05) is 0 Å². The SMILES string of the molecule is CC1(C)CC(=O)c2c(C(=O)O)nc(=O)[nH]c2C1. The van der Waals surface area contributed by atoms with E-state index >= 15 is 0 Å². The molecule has 0 unspecified atom stereocenters. The van der Waals surface area contributed by atoms with E-state index in [1.807, 2.05) is 13.8 Å². The quantitative estimate of drug-likeness (QED) is 0.744. The van der Waals surface area contributed by atoms with Gasteiger partial charge in [0.2, 0.25) is 0 Å². The fourth-order valence-electron chi connectivity index (χ4n) is 2.17. The Morgan fingerprint density at radius 3 is 2.59 bits per heavy atom. The number of nitrogens with zero attached hydrogens (tertiary/aromatic N) is 1. The lowest BCUT2D eigenvalue weighted by atomic mass is 9.75. The number of H-pyrrole nitrogens is 1. The third-order valence-electron chi connectivity index (χ3n) is 2.79. The minimum atomic E-state index is -1.35. The molecule has 0 radical (unpaired) electrons. The summed E-state index contributed by atoms with van der Waals surface area (Å²) in [4.78, 5) is 39.9. The van der Waals surface area contributed by atoms with Crippen molar-refractivity contribution in [3.8, 4) is 0 Å². The Hall–Kier alpha value is -1.98. The Bertz CT molecular complexity index is 571. The molecule has 2 N–H and O–H groups in total. The van der Waals surface area contributed by atoms with Crippen LogP contribution in [0.2, 0.25) is 0 Å². The molecular formula is C11H12N2O4. The average Bonchev–Trinajstić information content (AvgIpc) is 2.12. The van der Waals surface area contributed by atoms with Crippen LogP contribution < -0.4 is 5.69 Å². The van der Waals surface area contributed by atoms with Crippen LogP contribution in [-0.4, -0.2) is 26.8 Å². The smallest absolute Gasteiger partial charge is 0.355 e. The zero-order valence-corrected chi connectivity index (χ0v) is 9.53. The predicted octanol–water partition coefficient (Wildman–Crippen LogP) is 0.623. The molecule has 1 aromatic rings. The van der Waals surface area contributed by atoms with Crippen LogP contribution in [-0.2, 0) is 6.42 Å². The first-order valence-electron chi connectivity index (χ1n) is 5.20. The maximum absolute atomic E-state index is 11.9. The molecule has 0 aliphatic heterocycles. The van der Waals surface area contributed by atoms with Gasteiger partial charge in [-0.3, -0.25) is 4.79 Å². The minimum absolute atomic E-state index is 0.0522. The molecule has 2 rings (SSSR count). The van der Waals surface area contributed by atoms with Gasteiger partial charge in [-0.1, -0.05) is 13.8 Å². The Balaban J connectivity index is 2.71. The van der Waals surface area contributed by atoms with Crippen LogP contribution in [0.3, 0.4) is 0 Å². The molecule has 1 aliphatic carbocycles. The molecule has 0 spiro atoms. The van der Waals surface area contributed by atoms with Gasteiger partial charge in [0.05, 0.1) is 5.56 Å². The second-order valence-electron chi connectivity index (χ2n) is 4.99. The van der Waals surface area contributed by atoms with Crippen molar-refractivity contribution in [3.63, 3.8) is 0 Å². The Morgan fingerprint density at radius 2 is 2.00 bits per heavy atom. The van der Waals surface area contributed by atoms with Crippen LogP contribution in [0.25, 0.3) is 0 Å². The summed E-state index contributed by atoms with van der Waals surface area (Å²) in [5.41, 5.74) is -1.01. The van der Waals surface area contributed by atoms with Gasteiger partial charge in [-0.25, -0.2) is 9.59 Å². The third kappa shape index (κ3) is 1.98. The number of carboxylic acid groups (broad SMARTS) is 1. The summed E-state index contributed by atoms with van der Waals surface area (Å²) >= 11 is 0. The summed E-state index contributed by atoms with van der Waals surface area (Å²) in [5.74, 6) is -1.63. The third-order valence-corrected chi connectivity index (χ3v) is 2.79. The minimum Gasteiger partial charge on any atom is -0.476 e.